The van der Waals surface area contributed by atoms with E-state index in [1.165, 1.54) is 51.0 Å². The Morgan fingerprint density at radius 3 is 1.90 bits per heavy atom. The van der Waals surface area contributed by atoms with Gasteiger partial charge in [0.25, 0.3) is 0 Å². The lowest BCUT2D eigenvalue weighted by Crippen LogP contribution is -2.31. The van der Waals surface area contributed by atoms with Crippen LogP contribution in [0, 0.1) is 11.3 Å². The summed E-state index contributed by atoms with van der Waals surface area (Å²) in [5, 5.41) is 7.32. The van der Waals surface area contributed by atoms with E-state index < -0.39 is 0 Å². The summed E-state index contributed by atoms with van der Waals surface area (Å²) in [4.78, 5) is 2.61. The molecule has 2 aliphatic carbocycles. The van der Waals surface area contributed by atoms with Gasteiger partial charge in [0.15, 0.2) is 0 Å². The molecule has 2 aromatic carbocycles. The molecule has 0 aliphatic heterocycles. The molecule has 2 aliphatic rings. The SMILES string of the molecule is CC#N.CC(C)N(CCCc1c(C2(Br)CC2)cccc1C1(Br)CC1)Cc1ccccc1. The Morgan fingerprint density at radius 1 is 0.935 bits per heavy atom. The second kappa shape index (κ2) is 10.6. The summed E-state index contributed by atoms with van der Waals surface area (Å²) in [5.74, 6) is 0. The van der Waals surface area contributed by atoms with Crippen molar-refractivity contribution in [3.8, 4) is 6.07 Å². The van der Waals surface area contributed by atoms with Crippen molar-refractivity contribution in [3.05, 3.63) is 70.8 Å². The predicted molar refractivity (Wildman–Crippen MR) is 138 cm³/mol. The first-order valence-corrected chi connectivity index (χ1v) is 13.0. The topological polar surface area (TPSA) is 27.0 Å². The number of hydrogen-bond donors (Lipinski definition) is 0. The zero-order valence-electron chi connectivity index (χ0n) is 19.0. The Labute approximate surface area is 205 Å². The molecule has 4 rings (SSSR count). The normalized spacial score (nSPS) is 17.6. The lowest BCUT2D eigenvalue weighted by atomic mass is 9.91. The second-order valence-electron chi connectivity index (χ2n) is 9.14. The molecule has 2 aromatic rings. The van der Waals surface area contributed by atoms with E-state index in [1.54, 1.807) is 22.8 Å². The van der Waals surface area contributed by atoms with Gasteiger partial charge in [0.1, 0.15) is 0 Å². The molecule has 0 aromatic heterocycles. The lowest BCUT2D eigenvalue weighted by Gasteiger charge is -2.27. The van der Waals surface area contributed by atoms with Gasteiger partial charge < -0.3 is 0 Å². The molecule has 4 heteroatoms. The summed E-state index contributed by atoms with van der Waals surface area (Å²) in [6, 6.07) is 20.2. The molecule has 2 nitrogen and oxygen atoms in total. The molecule has 31 heavy (non-hydrogen) atoms. The molecule has 0 atom stereocenters. The van der Waals surface area contributed by atoms with Crippen molar-refractivity contribution in [1.82, 2.24) is 4.90 Å². The predicted octanol–water partition coefficient (Wildman–Crippen LogP) is 7.83. The molecule has 0 saturated heterocycles. The van der Waals surface area contributed by atoms with Gasteiger partial charge in [-0.2, -0.15) is 5.26 Å². The van der Waals surface area contributed by atoms with Gasteiger partial charge in [0, 0.05) is 19.5 Å². The van der Waals surface area contributed by atoms with Crippen LogP contribution in [0.1, 0.15) is 75.1 Å². The summed E-state index contributed by atoms with van der Waals surface area (Å²) in [6.07, 6.45) is 7.46. The Morgan fingerprint density at radius 2 is 1.45 bits per heavy atom. The summed E-state index contributed by atoms with van der Waals surface area (Å²) >= 11 is 8.07. The molecule has 166 valence electrons. The third-order valence-corrected chi connectivity index (χ3v) is 8.79. The quantitative estimate of drug-likeness (QED) is 0.300. The lowest BCUT2D eigenvalue weighted by molar-refractivity contribution is 0.210. The Bertz CT molecular complexity index is 857. The van der Waals surface area contributed by atoms with Crippen LogP contribution in [0.4, 0.5) is 0 Å². The summed E-state index contributed by atoms with van der Waals surface area (Å²) in [7, 11) is 0. The average Bonchev–Trinajstić information content (AvgIpc) is 3.68. The van der Waals surface area contributed by atoms with Gasteiger partial charge in [-0.05, 0) is 81.2 Å². The molecule has 0 unspecified atom stereocenters. The number of alkyl halides is 2. The van der Waals surface area contributed by atoms with Crippen LogP contribution >= 0.6 is 31.9 Å². The molecule has 2 saturated carbocycles. The summed E-state index contributed by atoms with van der Waals surface area (Å²) in [6.45, 7) is 8.25. The van der Waals surface area contributed by atoms with Crippen LogP contribution in [0.15, 0.2) is 48.5 Å². The van der Waals surface area contributed by atoms with Crippen LogP contribution in [0.3, 0.4) is 0 Å². The zero-order valence-corrected chi connectivity index (χ0v) is 22.2. The van der Waals surface area contributed by atoms with Crippen LogP contribution in [0.2, 0.25) is 0 Å². The Hall–Kier alpha value is -1.15. The molecule has 0 amide bonds. The third-order valence-electron chi connectivity index (χ3n) is 6.35. The average molecular weight is 546 g/mol. The molecule has 0 bridgehead atoms. The van der Waals surface area contributed by atoms with Gasteiger partial charge in [0.05, 0.1) is 14.7 Å². The third kappa shape index (κ3) is 6.44. The first kappa shape index (κ1) is 24.5. The highest BCUT2D eigenvalue weighted by Crippen LogP contribution is 2.59. The van der Waals surface area contributed by atoms with Crippen LogP contribution in [0.25, 0.3) is 0 Å². The van der Waals surface area contributed by atoms with E-state index in [-0.39, 0.29) is 8.65 Å². The van der Waals surface area contributed by atoms with Gasteiger partial charge in [-0.25, -0.2) is 0 Å². The van der Waals surface area contributed by atoms with E-state index in [9.17, 15) is 0 Å². The van der Waals surface area contributed by atoms with Crippen LogP contribution in [0.5, 0.6) is 0 Å². The van der Waals surface area contributed by atoms with Gasteiger partial charge in [0.2, 0.25) is 0 Å². The van der Waals surface area contributed by atoms with Crippen molar-refractivity contribution in [2.75, 3.05) is 6.54 Å². The van der Waals surface area contributed by atoms with Crippen molar-refractivity contribution in [3.63, 3.8) is 0 Å². The van der Waals surface area contributed by atoms with Crippen LogP contribution in [-0.4, -0.2) is 17.5 Å². The minimum atomic E-state index is 0.248. The molecule has 0 N–H and O–H groups in total. The molecule has 0 spiro atoms. The van der Waals surface area contributed by atoms with E-state index in [2.05, 4.69) is 99.1 Å². The van der Waals surface area contributed by atoms with Crippen molar-refractivity contribution in [2.45, 2.75) is 80.5 Å². The van der Waals surface area contributed by atoms with E-state index in [1.807, 2.05) is 0 Å². The van der Waals surface area contributed by atoms with Crippen molar-refractivity contribution in [1.29, 1.82) is 5.26 Å². The number of nitriles is 1. The van der Waals surface area contributed by atoms with E-state index in [4.69, 9.17) is 5.26 Å². The molecule has 0 radical (unpaired) electrons. The van der Waals surface area contributed by atoms with Crippen LogP contribution in [-0.2, 0) is 21.6 Å². The first-order valence-electron chi connectivity index (χ1n) is 11.4. The maximum Gasteiger partial charge on any atom is 0.0587 e. The fourth-order valence-corrected chi connectivity index (χ4v) is 5.39. The van der Waals surface area contributed by atoms with Gasteiger partial charge >= 0.3 is 0 Å². The van der Waals surface area contributed by atoms with Crippen LogP contribution < -0.4 is 0 Å². The fourth-order valence-electron chi connectivity index (χ4n) is 4.25. The Balaban J connectivity index is 0.000000858. The monoisotopic (exact) mass is 544 g/mol. The summed E-state index contributed by atoms with van der Waals surface area (Å²) in [5.41, 5.74) is 6.12. The highest BCUT2D eigenvalue weighted by Gasteiger charge is 2.47. The highest BCUT2D eigenvalue weighted by molar-refractivity contribution is 9.10. The maximum atomic E-state index is 7.32. The van der Waals surface area contributed by atoms with E-state index in [0.29, 0.717) is 6.04 Å². The van der Waals surface area contributed by atoms with Gasteiger partial charge in [-0.3, -0.25) is 4.90 Å². The van der Waals surface area contributed by atoms with Gasteiger partial charge in [-0.1, -0.05) is 80.4 Å². The zero-order chi connectivity index (χ0) is 22.5. The van der Waals surface area contributed by atoms with Crippen molar-refractivity contribution >= 4 is 31.9 Å². The standard InChI is InChI=1S/C25H31Br2N.C2H3N/c1-19(2)28(18-20-8-4-3-5-9-20)17-7-10-21-22(24(26)13-14-24)11-6-12-23(21)25(27)15-16-25;1-2-3/h3-6,8-9,11-12,19H,7,10,13-18H2,1-2H3;1H3. The number of nitrogens with zero attached hydrogens (tertiary/aromatic N) is 2. The summed E-state index contributed by atoms with van der Waals surface area (Å²) < 4.78 is 0.497. The largest absolute Gasteiger partial charge is 0.297 e. The number of rotatable bonds is 9. The number of halogens is 2. The Kier molecular flexibility index (Phi) is 8.41. The van der Waals surface area contributed by atoms with Gasteiger partial charge in [-0.15, -0.1) is 0 Å². The molecular weight excluding hydrogens is 512 g/mol. The smallest absolute Gasteiger partial charge is 0.0587 e. The number of benzene rings is 2. The molecular formula is C27H34Br2N2. The van der Waals surface area contributed by atoms with E-state index in [0.717, 1.165) is 13.1 Å². The molecule has 2 fully saturated rings. The first-order chi connectivity index (χ1) is 14.8. The van der Waals surface area contributed by atoms with E-state index >= 15 is 0 Å². The van der Waals surface area contributed by atoms with Crippen molar-refractivity contribution < 1.29 is 0 Å². The fraction of sp³-hybridized carbons (Fsp3) is 0.519. The molecule has 0 heterocycles. The minimum absolute atomic E-state index is 0.248. The maximum absolute atomic E-state index is 7.32. The second-order valence-corrected chi connectivity index (χ2v) is 12.2. The minimum Gasteiger partial charge on any atom is -0.297 e. The van der Waals surface area contributed by atoms with Crippen molar-refractivity contribution in [2.24, 2.45) is 0 Å². The number of hydrogen-bond acceptors (Lipinski definition) is 2. The highest BCUT2D eigenvalue weighted by atomic mass is 79.9.